The van der Waals surface area contributed by atoms with Crippen molar-refractivity contribution < 1.29 is 9.32 Å². The zero-order valence-electron chi connectivity index (χ0n) is 19.3. The molecule has 1 unspecified atom stereocenters. The number of benzene rings is 2. The van der Waals surface area contributed by atoms with E-state index in [0.717, 1.165) is 18.4 Å². The molecule has 0 spiro atoms. The van der Waals surface area contributed by atoms with Gasteiger partial charge in [-0.1, -0.05) is 72.1 Å². The van der Waals surface area contributed by atoms with Gasteiger partial charge in [0.1, 0.15) is 0 Å². The van der Waals surface area contributed by atoms with Gasteiger partial charge < -0.3 is 9.42 Å². The van der Waals surface area contributed by atoms with Gasteiger partial charge in [0.05, 0.1) is 0 Å². The Morgan fingerprint density at radius 2 is 1.81 bits per heavy atom. The Morgan fingerprint density at radius 1 is 1.06 bits per heavy atom. The molecule has 2 aromatic carbocycles. The van der Waals surface area contributed by atoms with Crippen LogP contribution in [0.4, 0.5) is 0 Å². The summed E-state index contributed by atoms with van der Waals surface area (Å²) in [6, 6.07) is 18.8. The Morgan fingerprint density at radius 3 is 2.50 bits per heavy atom. The average Bonchev–Trinajstić information content (AvgIpc) is 3.28. The molecule has 0 aliphatic heterocycles. The molecular formula is C27H33N3O2. The molecule has 5 nitrogen and oxygen atoms in total. The fourth-order valence-electron chi connectivity index (χ4n) is 5.13. The second-order valence-corrected chi connectivity index (χ2v) is 9.35. The maximum absolute atomic E-state index is 12.6. The first-order valence-electron chi connectivity index (χ1n) is 11.7. The van der Waals surface area contributed by atoms with Crippen molar-refractivity contribution in [2.24, 2.45) is 11.8 Å². The lowest BCUT2D eigenvalue weighted by atomic mass is 9.75. The molecule has 1 aliphatic rings. The summed E-state index contributed by atoms with van der Waals surface area (Å²) in [5.41, 5.74) is 3.06. The second-order valence-electron chi connectivity index (χ2n) is 9.35. The van der Waals surface area contributed by atoms with E-state index in [1.807, 2.05) is 25.1 Å². The van der Waals surface area contributed by atoms with Crippen molar-refractivity contribution in [2.75, 3.05) is 14.1 Å². The number of aromatic nitrogens is 2. The van der Waals surface area contributed by atoms with Crippen LogP contribution in [0.15, 0.2) is 59.1 Å². The summed E-state index contributed by atoms with van der Waals surface area (Å²) in [6.45, 7) is 1.97. The van der Waals surface area contributed by atoms with E-state index in [-0.39, 0.29) is 11.6 Å². The van der Waals surface area contributed by atoms with E-state index in [9.17, 15) is 4.79 Å². The summed E-state index contributed by atoms with van der Waals surface area (Å²) in [5.74, 6) is 1.91. The van der Waals surface area contributed by atoms with Crippen LogP contribution in [0.2, 0.25) is 0 Å². The van der Waals surface area contributed by atoms with Crippen LogP contribution in [0, 0.1) is 18.8 Å². The van der Waals surface area contributed by atoms with Gasteiger partial charge in [-0.25, -0.2) is 0 Å². The first-order valence-corrected chi connectivity index (χ1v) is 11.7. The van der Waals surface area contributed by atoms with Gasteiger partial charge in [0, 0.05) is 18.0 Å². The van der Waals surface area contributed by atoms with Crippen LogP contribution < -0.4 is 0 Å². The zero-order valence-corrected chi connectivity index (χ0v) is 19.3. The molecule has 168 valence electrons. The van der Waals surface area contributed by atoms with Gasteiger partial charge >= 0.3 is 0 Å². The molecule has 1 saturated carbocycles. The van der Waals surface area contributed by atoms with Crippen molar-refractivity contribution in [1.82, 2.24) is 15.0 Å². The highest BCUT2D eigenvalue weighted by atomic mass is 16.5. The lowest BCUT2D eigenvalue weighted by Gasteiger charge is -2.37. The van der Waals surface area contributed by atoms with Gasteiger partial charge in [0.2, 0.25) is 17.5 Å². The molecule has 0 N–H and O–H groups in total. The minimum atomic E-state index is -0.181. The minimum Gasteiger partial charge on any atom is -0.339 e. The Kier molecular flexibility index (Phi) is 7.15. The summed E-state index contributed by atoms with van der Waals surface area (Å²) in [6.07, 6.45) is 6.70. The van der Waals surface area contributed by atoms with Crippen molar-refractivity contribution in [3.05, 3.63) is 83.0 Å². The molecule has 1 heterocycles. The molecule has 1 aliphatic carbocycles. The number of aryl methyl sites for hydroxylation is 2. The van der Waals surface area contributed by atoms with Gasteiger partial charge in [-0.2, -0.15) is 4.98 Å². The molecule has 5 heteroatoms. The highest BCUT2D eigenvalue weighted by Crippen LogP contribution is 2.40. The normalized spacial score (nSPS) is 19.8. The predicted octanol–water partition coefficient (Wildman–Crippen LogP) is 5.65. The highest BCUT2D eigenvalue weighted by Gasteiger charge is 2.30. The highest BCUT2D eigenvalue weighted by molar-refractivity contribution is 6.06. The summed E-state index contributed by atoms with van der Waals surface area (Å²) < 4.78 is 5.39. The molecule has 32 heavy (non-hydrogen) atoms. The maximum atomic E-state index is 12.6. The smallest absolute Gasteiger partial charge is 0.243 e. The van der Waals surface area contributed by atoms with E-state index in [2.05, 4.69) is 59.5 Å². The third-order valence-corrected chi connectivity index (χ3v) is 6.75. The molecule has 0 amide bonds. The molecule has 0 bridgehead atoms. The fraction of sp³-hybridized carbons (Fsp3) is 0.444. The van der Waals surface area contributed by atoms with E-state index >= 15 is 0 Å². The Hall–Kier alpha value is -2.79. The average molecular weight is 432 g/mol. The lowest BCUT2D eigenvalue weighted by Crippen LogP contribution is -2.30. The first kappa shape index (κ1) is 22.4. The standard InChI is InChI=1S/C27H33N3O2/c1-19-8-7-11-23(18-19)26(31)27-28-24(32-29-27)17-14-20-12-15-22(16-13-20)25(30(2)3)21-9-5-4-6-10-21/h4-11,18,20,22,25H,12-17H2,1-3H3. The van der Waals surface area contributed by atoms with Crippen LogP contribution in [0.1, 0.15) is 71.3 Å². The van der Waals surface area contributed by atoms with Crippen LogP contribution in [0.3, 0.4) is 0 Å². The number of carbonyl (C=O) groups is 1. The number of carbonyl (C=O) groups excluding carboxylic acids is 1. The van der Waals surface area contributed by atoms with Gasteiger partial charge in [-0.05, 0) is 63.7 Å². The van der Waals surface area contributed by atoms with E-state index in [1.165, 1.54) is 31.2 Å². The third kappa shape index (κ3) is 5.33. The number of hydrogen-bond acceptors (Lipinski definition) is 5. The van der Waals surface area contributed by atoms with Crippen molar-refractivity contribution in [1.29, 1.82) is 0 Å². The van der Waals surface area contributed by atoms with E-state index in [1.54, 1.807) is 6.07 Å². The van der Waals surface area contributed by atoms with Crippen molar-refractivity contribution >= 4 is 5.78 Å². The SMILES string of the molecule is Cc1cccc(C(=O)c2noc(CCC3CCC(C(c4ccccc4)N(C)C)CC3)n2)c1. The van der Waals surface area contributed by atoms with Gasteiger partial charge in [-0.15, -0.1) is 0 Å². The van der Waals surface area contributed by atoms with Crippen LogP contribution in [-0.4, -0.2) is 34.9 Å². The van der Waals surface area contributed by atoms with E-state index < -0.39 is 0 Å². The molecule has 0 saturated heterocycles. The monoisotopic (exact) mass is 431 g/mol. The van der Waals surface area contributed by atoms with Crippen LogP contribution in [0.25, 0.3) is 0 Å². The molecule has 1 aromatic heterocycles. The molecule has 1 atom stereocenters. The molecular weight excluding hydrogens is 398 g/mol. The fourth-order valence-corrected chi connectivity index (χ4v) is 5.13. The van der Waals surface area contributed by atoms with Gasteiger partial charge in [0.15, 0.2) is 0 Å². The number of hydrogen-bond donors (Lipinski definition) is 0. The van der Waals surface area contributed by atoms with Crippen LogP contribution >= 0.6 is 0 Å². The Bertz CT molecular complexity index is 1020. The minimum absolute atomic E-state index is 0.158. The summed E-state index contributed by atoms with van der Waals surface area (Å²) in [4.78, 5) is 19.3. The van der Waals surface area contributed by atoms with Crippen molar-refractivity contribution in [3.63, 3.8) is 0 Å². The topological polar surface area (TPSA) is 59.2 Å². The second kappa shape index (κ2) is 10.2. The summed E-state index contributed by atoms with van der Waals surface area (Å²) >= 11 is 0. The number of rotatable bonds is 8. The summed E-state index contributed by atoms with van der Waals surface area (Å²) in [5, 5.41) is 3.93. The van der Waals surface area contributed by atoms with Crippen molar-refractivity contribution in [2.45, 2.75) is 51.5 Å². The third-order valence-electron chi connectivity index (χ3n) is 6.75. The number of ketones is 1. The maximum Gasteiger partial charge on any atom is 0.243 e. The van der Waals surface area contributed by atoms with E-state index in [0.29, 0.717) is 29.3 Å². The predicted molar refractivity (Wildman–Crippen MR) is 126 cm³/mol. The molecule has 4 rings (SSSR count). The molecule has 3 aromatic rings. The Balaban J connectivity index is 1.30. The first-order chi connectivity index (χ1) is 15.5. The number of nitrogens with zero attached hydrogens (tertiary/aromatic N) is 3. The van der Waals surface area contributed by atoms with Gasteiger partial charge in [0.25, 0.3) is 0 Å². The molecule has 1 fully saturated rings. The summed E-state index contributed by atoms with van der Waals surface area (Å²) in [7, 11) is 4.38. The molecule has 0 radical (unpaired) electrons. The van der Waals surface area contributed by atoms with Gasteiger partial charge in [-0.3, -0.25) is 4.79 Å². The lowest BCUT2D eigenvalue weighted by molar-refractivity contribution is 0.102. The van der Waals surface area contributed by atoms with Crippen LogP contribution in [0.5, 0.6) is 0 Å². The quantitative estimate of drug-likeness (QED) is 0.431. The Labute approximate surface area is 190 Å². The largest absolute Gasteiger partial charge is 0.339 e. The van der Waals surface area contributed by atoms with Crippen molar-refractivity contribution in [3.8, 4) is 0 Å². The van der Waals surface area contributed by atoms with E-state index in [4.69, 9.17) is 4.52 Å². The van der Waals surface area contributed by atoms with Crippen LogP contribution in [-0.2, 0) is 6.42 Å². The zero-order chi connectivity index (χ0) is 22.5.